The molecular formula is C21H18FNO4S. The number of carbonyl (C=O) groups excluding carboxylic acids is 1. The molecule has 0 aromatic heterocycles. The zero-order valence-electron chi connectivity index (χ0n) is 15.1. The van der Waals surface area contributed by atoms with E-state index >= 15 is 0 Å². The number of ether oxygens (including phenoxy) is 1. The van der Waals surface area contributed by atoms with Gasteiger partial charge in [0.15, 0.2) is 9.84 Å². The molecule has 0 aliphatic carbocycles. The zero-order valence-corrected chi connectivity index (χ0v) is 15.9. The normalized spacial score (nSPS) is 11.1. The second-order valence-corrected chi connectivity index (χ2v) is 8.22. The van der Waals surface area contributed by atoms with Gasteiger partial charge in [-0.1, -0.05) is 24.3 Å². The van der Waals surface area contributed by atoms with Gasteiger partial charge >= 0.3 is 0 Å². The Bertz CT molecular complexity index is 1110. The highest BCUT2D eigenvalue weighted by molar-refractivity contribution is 7.90. The highest BCUT2D eigenvalue weighted by Crippen LogP contribution is 2.20. The van der Waals surface area contributed by atoms with Gasteiger partial charge in [-0.2, -0.15) is 0 Å². The second kappa shape index (κ2) is 8.22. The maximum absolute atomic E-state index is 13.2. The molecule has 3 rings (SSSR count). The first-order chi connectivity index (χ1) is 13.3. The molecule has 0 saturated heterocycles. The highest BCUT2D eigenvalue weighted by atomic mass is 32.2. The van der Waals surface area contributed by atoms with Crippen molar-refractivity contribution in [3.05, 3.63) is 89.7 Å². The van der Waals surface area contributed by atoms with E-state index in [-0.39, 0.29) is 22.9 Å². The lowest BCUT2D eigenvalue weighted by Crippen LogP contribution is -2.12. The minimum Gasteiger partial charge on any atom is -0.489 e. The van der Waals surface area contributed by atoms with Gasteiger partial charge in [0.25, 0.3) is 5.91 Å². The predicted molar refractivity (Wildman–Crippen MR) is 105 cm³/mol. The van der Waals surface area contributed by atoms with Gasteiger partial charge in [0.05, 0.1) is 4.90 Å². The summed E-state index contributed by atoms with van der Waals surface area (Å²) in [5, 5.41) is 2.71. The Balaban J connectivity index is 1.69. The Labute approximate surface area is 162 Å². The fraction of sp³-hybridized carbons (Fsp3) is 0.0952. The molecule has 0 unspecified atom stereocenters. The molecule has 5 nitrogen and oxygen atoms in total. The van der Waals surface area contributed by atoms with Crippen molar-refractivity contribution in [1.82, 2.24) is 0 Å². The summed E-state index contributed by atoms with van der Waals surface area (Å²) in [6.07, 6.45) is 1.09. The van der Waals surface area contributed by atoms with E-state index in [0.29, 0.717) is 17.0 Å². The first-order valence-corrected chi connectivity index (χ1v) is 10.3. The SMILES string of the molecule is CS(=O)(=O)c1cccc(C(=O)Nc2cccc(OCc3cccc(F)c3)c2)c1. The van der Waals surface area contributed by atoms with E-state index in [0.717, 1.165) is 6.26 Å². The Morgan fingerprint density at radius 2 is 1.75 bits per heavy atom. The number of nitrogens with one attached hydrogen (secondary N) is 1. The average molecular weight is 399 g/mol. The number of benzene rings is 3. The molecule has 1 N–H and O–H groups in total. The van der Waals surface area contributed by atoms with Crippen LogP contribution in [0.5, 0.6) is 5.75 Å². The van der Waals surface area contributed by atoms with Crippen LogP contribution >= 0.6 is 0 Å². The van der Waals surface area contributed by atoms with Crippen molar-refractivity contribution in [2.45, 2.75) is 11.5 Å². The predicted octanol–water partition coefficient (Wildman–Crippen LogP) is 4.06. The Morgan fingerprint density at radius 3 is 2.50 bits per heavy atom. The topological polar surface area (TPSA) is 72.5 Å². The molecule has 0 atom stereocenters. The van der Waals surface area contributed by atoms with Crippen molar-refractivity contribution in [3.8, 4) is 5.75 Å². The van der Waals surface area contributed by atoms with E-state index in [1.165, 1.54) is 36.4 Å². The molecular weight excluding hydrogens is 381 g/mol. The summed E-state index contributed by atoms with van der Waals surface area (Å²) in [4.78, 5) is 12.5. The van der Waals surface area contributed by atoms with Gasteiger partial charge in [0, 0.05) is 23.6 Å². The standard InChI is InChI=1S/C21H18FNO4S/c1-28(25,26)20-10-3-6-16(12-20)21(24)23-18-8-4-9-19(13-18)27-14-15-5-2-7-17(22)11-15/h2-13H,14H2,1H3,(H,23,24). The van der Waals surface area contributed by atoms with Gasteiger partial charge in [0.2, 0.25) is 0 Å². The van der Waals surface area contributed by atoms with E-state index < -0.39 is 15.7 Å². The van der Waals surface area contributed by atoms with E-state index in [1.54, 1.807) is 36.4 Å². The van der Waals surface area contributed by atoms with Gasteiger partial charge < -0.3 is 10.1 Å². The molecule has 0 aliphatic rings. The number of hydrogen-bond acceptors (Lipinski definition) is 4. The summed E-state index contributed by atoms with van der Waals surface area (Å²) in [5.41, 5.74) is 1.41. The molecule has 1 amide bonds. The van der Waals surface area contributed by atoms with Crippen LogP contribution in [0.4, 0.5) is 10.1 Å². The summed E-state index contributed by atoms with van der Waals surface area (Å²) < 4.78 is 42.2. The number of carbonyl (C=O) groups is 1. The molecule has 0 heterocycles. The zero-order chi connectivity index (χ0) is 20.1. The average Bonchev–Trinajstić information content (AvgIpc) is 2.66. The summed E-state index contributed by atoms with van der Waals surface area (Å²) in [6.45, 7) is 0.186. The summed E-state index contributed by atoms with van der Waals surface area (Å²) in [5.74, 6) is -0.266. The van der Waals surface area contributed by atoms with Gasteiger partial charge in [-0.25, -0.2) is 12.8 Å². The largest absolute Gasteiger partial charge is 0.489 e. The molecule has 0 spiro atoms. The lowest BCUT2D eigenvalue weighted by Gasteiger charge is -2.10. The summed E-state index contributed by atoms with van der Waals surface area (Å²) in [6, 6.07) is 18.7. The van der Waals surface area contributed by atoms with Crippen LogP contribution in [0.2, 0.25) is 0 Å². The molecule has 3 aromatic rings. The van der Waals surface area contributed by atoms with Gasteiger partial charge in [-0.3, -0.25) is 4.79 Å². The quantitative estimate of drug-likeness (QED) is 0.678. The van der Waals surface area contributed by atoms with Crippen LogP contribution in [0.25, 0.3) is 0 Å². The maximum atomic E-state index is 13.2. The number of amides is 1. The fourth-order valence-corrected chi connectivity index (χ4v) is 3.20. The number of halogens is 1. The highest BCUT2D eigenvalue weighted by Gasteiger charge is 2.12. The first kappa shape index (κ1) is 19.6. The number of anilines is 1. The summed E-state index contributed by atoms with van der Waals surface area (Å²) in [7, 11) is -3.40. The minimum absolute atomic E-state index is 0.0762. The monoisotopic (exact) mass is 399 g/mol. The van der Waals surface area contributed by atoms with Crippen molar-refractivity contribution in [1.29, 1.82) is 0 Å². The van der Waals surface area contributed by atoms with Gasteiger partial charge in [-0.15, -0.1) is 0 Å². The van der Waals surface area contributed by atoms with E-state index in [2.05, 4.69) is 5.32 Å². The fourth-order valence-electron chi connectivity index (χ4n) is 2.53. The summed E-state index contributed by atoms with van der Waals surface area (Å²) >= 11 is 0. The van der Waals surface area contributed by atoms with Crippen molar-refractivity contribution in [2.75, 3.05) is 11.6 Å². The molecule has 0 bridgehead atoms. The Morgan fingerprint density at radius 1 is 1.00 bits per heavy atom. The number of rotatable bonds is 6. The van der Waals surface area contributed by atoms with Crippen LogP contribution in [-0.2, 0) is 16.4 Å². The van der Waals surface area contributed by atoms with Gasteiger partial charge in [-0.05, 0) is 48.0 Å². The lowest BCUT2D eigenvalue weighted by molar-refractivity contribution is 0.102. The van der Waals surface area contributed by atoms with Crippen LogP contribution in [0, 0.1) is 5.82 Å². The molecule has 0 fully saturated rings. The third-order valence-electron chi connectivity index (χ3n) is 3.91. The molecule has 28 heavy (non-hydrogen) atoms. The third-order valence-corrected chi connectivity index (χ3v) is 5.02. The van der Waals surface area contributed by atoms with E-state index in [1.807, 2.05) is 0 Å². The molecule has 0 radical (unpaired) electrons. The Hall–Kier alpha value is -3.19. The molecule has 0 saturated carbocycles. The van der Waals surface area contributed by atoms with E-state index in [9.17, 15) is 17.6 Å². The van der Waals surface area contributed by atoms with Crippen LogP contribution < -0.4 is 10.1 Å². The lowest BCUT2D eigenvalue weighted by atomic mass is 10.2. The molecule has 144 valence electrons. The van der Waals surface area contributed by atoms with Gasteiger partial charge in [0.1, 0.15) is 18.2 Å². The van der Waals surface area contributed by atoms with Crippen LogP contribution in [-0.4, -0.2) is 20.6 Å². The van der Waals surface area contributed by atoms with Crippen molar-refractivity contribution in [3.63, 3.8) is 0 Å². The molecule has 7 heteroatoms. The number of sulfone groups is 1. The van der Waals surface area contributed by atoms with E-state index in [4.69, 9.17) is 4.74 Å². The Kier molecular flexibility index (Phi) is 5.75. The first-order valence-electron chi connectivity index (χ1n) is 8.40. The third kappa shape index (κ3) is 5.17. The maximum Gasteiger partial charge on any atom is 0.255 e. The molecule has 0 aliphatic heterocycles. The van der Waals surface area contributed by atoms with Crippen molar-refractivity contribution >= 4 is 21.4 Å². The van der Waals surface area contributed by atoms with Crippen LogP contribution in [0.1, 0.15) is 15.9 Å². The minimum atomic E-state index is -3.40. The van der Waals surface area contributed by atoms with Crippen molar-refractivity contribution in [2.24, 2.45) is 0 Å². The second-order valence-electron chi connectivity index (χ2n) is 6.20. The molecule has 3 aromatic carbocycles. The smallest absolute Gasteiger partial charge is 0.255 e. The number of hydrogen-bond donors (Lipinski definition) is 1. The van der Waals surface area contributed by atoms with Crippen LogP contribution in [0.15, 0.2) is 77.7 Å². The van der Waals surface area contributed by atoms with Crippen LogP contribution in [0.3, 0.4) is 0 Å². The van der Waals surface area contributed by atoms with Crippen molar-refractivity contribution < 1.29 is 22.3 Å².